The summed E-state index contributed by atoms with van der Waals surface area (Å²) in [5.41, 5.74) is 0. The molecule has 0 saturated carbocycles. The van der Waals surface area contributed by atoms with Crippen LogP contribution in [0.15, 0.2) is 0 Å². The van der Waals surface area contributed by atoms with Gasteiger partial charge < -0.3 is 9.11 Å². The van der Waals surface area contributed by atoms with Gasteiger partial charge in [-0.2, -0.15) is 0 Å². The molecule has 18 heteroatoms. The van der Waals surface area contributed by atoms with Crippen LogP contribution in [0.2, 0.25) is 0 Å². The predicted molar refractivity (Wildman–Crippen MR) is 87.1 cm³/mol. The maximum Gasteiger partial charge on any atom is 1.00 e. The average molecular weight is 507 g/mol. The second-order valence-corrected chi connectivity index (χ2v) is 11.9. The van der Waals surface area contributed by atoms with Gasteiger partial charge in [0.15, 0.2) is 19.7 Å². The van der Waals surface area contributed by atoms with Crippen molar-refractivity contribution >= 4 is 40.5 Å². The minimum Gasteiger partial charge on any atom is -0.726 e. The molecule has 0 aliphatic rings. The van der Waals surface area contributed by atoms with E-state index in [1.807, 2.05) is 0 Å². The quantitative estimate of drug-likeness (QED) is 0.0880. The van der Waals surface area contributed by atoms with Gasteiger partial charge in [0.25, 0.3) is 0 Å². The minimum atomic E-state index is -4.94. The Labute approximate surface area is 210 Å². The molecule has 0 radical (unpaired) electrons. The van der Waals surface area contributed by atoms with Crippen molar-refractivity contribution in [1.29, 1.82) is 0 Å². The van der Waals surface area contributed by atoms with E-state index in [4.69, 9.17) is 0 Å². The molecule has 0 aliphatic heterocycles. The van der Waals surface area contributed by atoms with Crippen molar-refractivity contribution < 1.29 is 110 Å². The standard InChI is InChI=1S/C10H22O12S4.2Na/c11-23(12,9-5-21-25(15,16)17)7-3-1-2-4-8-24(13,14)10-6-22-26(18,19)20;;/h1-10H2,(H,15,16,17)(H,18,19,20);;/q;2*+1/p-2. The van der Waals surface area contributed by atoms with Crippen LogP contribution in [-0.2, 0) is 48.8 Å². The molecule has 0 rings (SSSR count). The third-order valence-corrected chi connectivity index (χ3v) is 7.21. The third-order valence-electron chi connectivity index (χ3n) is 2.90. The zero-order valence-corrected chi connectivity index (χ0v) is 22.9. The van der Waals surface area contributed by atoms with E-state index in [0.717, 1.165) is 0 Å². The first-order valence-electron chi connectivity index (χ1n) is 7.23. The van der Waals surface area contributed by atoms with Gasteiger partial charge in [-0.15, -0.1) is 0 Å². The molecule has 0 N–H and O–H groups in total. The number of hydrogen-bond acceptors (Lipinski definition) is 12. The number of sulfone groups is 2. The molecule has 12 nitrogen and oxygen atoms in total. The minimum absolute atomic E-state index is 0. The second kappa shape index (κ2) is 15.4. The Bertz CT molecular complexity index is 761. The van der Waals surface area contributed by atoms with Crippen LogP contribution in [0.4, 0.5) is 0 Å². The van der Waals surface area contributed by atoms with Crippen molar-refractivity contribution in [3.05, 3.63) is 0 Å². The van der Waals surface area contributed by atoms with Crippen LogP contribution in [0.1, 0.15) is 25.7 Å². The van der Waals surface area contributed by atoms with E-state index in [-0.39, 0.29) is 83.5 Å². The topological polar surface area (TPSA) is 201 Å². The summed E-state index contributed by atoms with van der Waals surface area (Å²) in [6.45, 7) is -1.51. The van der Waals surface area contributed by atoms with E-state index < -0.39 is 65.2 Å². The molecule has 0 bridgehead atoms. The van der Waals surface area contributed by atoms with Crippen LogP contribution in [0, 0.1) is 0 Å². The molecule has 0 fully saturated rings. The van der Waals surface area contributed by atoms with Crippen LogP contribution >= 0.6 is 0 Å². The molecule has 158 valence electrons. The molecule has 0 aromatic rings. The van der Waals surface area contributed by atoms with Gasteiger partial charge in [-0.3, -0.25) is 8.37 Å². The van der Waals surface area contributed by atoms with E-state index in [9.17, 15) is 42.8 Å². The molecule has 0 aromatic carbocycles. The summed E-state index contributed by atoms with van der Waals surface area (Å²) >= 11 is 0. The van der Waals surface area contributed by atoms with Gasteiger partial charge in [-0.05, 0) is 12.8 Å². The molecular formula is C10H20Na2O12S4. The maximum absolute atomic E-state index is 11.5. The largest absolute Gasteiger partial charge is 1.00 e. The first-order valence-corrected chi connectivity index (χ1v) is 13.5. The Morgan fingerprint density at radius 1 is 0.500 bits per heavy atom. The smallest absolute Gasteiger partial charge is 0.726 e. The monoisotopic (exact) mass is 506 g/mol. The van der Waals surface area contributed by atoms with E-state index in [0.29, 0.717) is 12.8 Å². The zero-order valence-electron chi connectivity index (χ0n) is 15.6. The molecule has 0 aromatic heterocycles. The molecule has 0 saturated heterocycles. The molecule has 0 amide bonds. The fraction of sp³-hybridized carbons (Fsp3) is 1.00. The Kier molecular flexibility index (Phi) is 18.9. The summed E-state index contributed by atoms with van der Waals surface area (Å²) in [6, 6.07) is 0. The van der Waals surface area contributed by atoms with Crippen LogP contribution in [-0.4, -0.2) is 79.0 Å². The van der Waals surface area contributed by atoms with E-state index in [1.165, 1.54) is 0 Å². The fourth-order valence-corrected chi connectivity index (χ4v) is 4.88. The molecule has 0 heterocycles. The Morgan fingerprint density at radius 2 is 0.786 bits per heavy atom. The first-order chi connectivity index (χ1) is 11.6. The van der Waals surface area contributed by atoms with Gasteiger partial charge in [-0.1, -0.05) is 12.8 Å². The van der Waals surface area contributed by atoms with Gasteiger partial charge in [0, 0.05) is 0 Å². The Hall–Kier alpha value is 1.64. The second-order valence-electron chi connectivity index (χ2n) is 5.18. The molecule has 0 atom stereocenters. The van der Waals surface area contributed by atoms with Crippen LogP contribution < -0.4 is 59.1 Å². The summed E-state index contributed by atoms with van der Waals surface area (Å²) < 4.78 is 115. The summed E-state index contributed by atoms with van der Waals surface area (Å²) in [7, 11) is -17.1. The zero-order chi connectivity index (χ0) is 20.5. The van der Waals surface area contributed by atoms with Crippen LogP contribution in [0.3, 0.4) is 0 Å². The van der Waals surface area contributed by atoms with E-state index in [1.54, 1.807) is 0 Å². The van der Waals surface area contributed by atoms with Gasteiger partial charge in [-0.25, -0.2) is 33.7 Å². The average Bonchev–Trinajstić information content (AvgIpc) is 2.39. The molecular weight excluding hydrogens is 486 g/mol. The normalized spacial score (nSPS) is 12.8. The molecule has 0 aliphatic carbocycles. The number of unbranched alkanes of at least 4 members (excludes halogenated alkanes) is 3. The number of rotatable bonds is 15. The van der Waals surface area contributed by atoms with Gasteiger partial charge in [0.2, 0.25) is 20.8 Å². The first kappa shape index (κ1) is 34.3. The van der Waals surface area contributed by atoms with Gasteiger partial charge in [0.05, 0.1) is 36.2 Å². The molecule has 28 heavy (non-hydrogen) atoms. The Morgan fingerprint density at radius 3 is 1.04 bits per heavy atom. The summed E-state index contributed by atoms with van der Waals surface area (Å²) in [5.74, 6) is -1.77. The Balaban J connectivity index is -0.00000312. The van der Waals surface area contributed by atoms with Gasteiger partial charge in [0.1, 0.15) is 0 Å². The molecule has 0 spiro atoms. The van der Waals surface area contributed by atoms with Crippen molar-refractivity contribution in [2.24, 2.45) is 0 Å². The maximum atomic E-state index is 11.5. The predicted octanol–water partition coefficient (Wildman–Crippen LogP) is -7.66. The third kappa shape index (κ3) is 23.9. The van der Waals surface area contributed by atoms with Crippen molar-refractivity contribution in [2.45, 2.75) is 25.7 Å². The van der Waals surface area contributed by atoms with Gasteiger partial charge >= 0.3 is 59.1 Å². The van der Waals surface area contributed by atoms with Crippen molar-refractivity contribution in [2.75, 3.05) is 36.2 Å². The van der Waals surface area contributed by atoms with Crippen molar-refractivity contribution in [3.8, 4) is 0 Å². The van der Waals surface area contributed by atoms with Crippen LogP contribution in [0.5, 0.6) is 0 Å². The van der Waals surface area contributed by atoms with Crippen molar-refractivity contribution in [1.82, 2.24) is 0 Å². The summed E-state index contributed by atoms with van der Waals surface area (Å²) in [5, 5.41) is 0. The fourth-order valence-electron chi connectivity index (χ4n) is 1.73. The summed E-state index contributed by atoms with van der Waals surface area (Å²) in [6.07, 6.45) is 1.20. The molecule has 0 unspecified atom stereocenters. The van der Waals surface area contributed by atoms with E-state index >= 15 is 0 Å². The van der Waals surface area contributed by atoms with Crippen LogP contribution in [0.25, 0.3) is 0 Å². The number of hydrogen-bond donors (Lipinski definition) is 0. The summed E-state index contributed by atoms with van der Waals surface area (Å²) in [4.78, 5) is 0. The van der Waals surface area contributed by atoms with Crippen molar-refractivity contribution in [3.63, 3.8) is 0 Å². The SMILES string of the molecule is O=S(=O)(CCCCCCS(=O)(=O)CCOS(=O)(=O)[O-])CCOS(=O)(=O)[O-].[Na+].[Na+]. The van der Waals surface area contributed by atoms with E-state index in [2.05, 4.69) is 8.37 Å².